The zero-order valence-corrected chi connectivity index (χ0v) is 22.3. The predicted molar refractivity (Wildman–Crippen MR) is 132 cm³/mol. The normalized spacial score (nSPS) is 31.1. The number of fused-ring (bicyclic) bond motifs is 1. The molecule has 2 saturated heterocycles. The van der Waals surface area contributed by atoms with Gasteiger partial charge in [-0.1, -0.05) is 41.5 Å². The lowest BCUT2D eigenvalue weighted by atomic mass is 9.84. The van der Waals surface area contributed by atoms with Gasteiger partial charge in [0, 0.05) is 24.4 Å². The molecule has 10 nitrogen and oxygen atoms in total. The first-order chi connectivity index (χ1) is 16.6. The van der Waals surface area contributed by atoms with E-state index in [2.05, 4.69) is 29.8 Å². The number of carbonyl (C=O) groups excluding carboxylic acids is 5. The summed E-state index contributed by atoms with van der Waals surface area (Å²) in [6.07, 6.45) is 2.30. The van der Waals surface area contributed by atoms with Crippen molar-refractivity contribution in [3.63, 3.8) is 0 Å². The second-order valence-corrected chi connectivity index (χ2v) is 13.2. The summed E-state index contributed by atoms with van der Waals surface area (Å²) in [6, 6.07) is -2.56. The van der Waals surface area contributed by atoms with Gasteiger partial charge >= 0.3 is 0 Å². The SMILES string of the molecule is CC1(C(=O)N[C@H](C(=O)N2C[C@H]3[C@@H]([C@H]2C(=O)N[C@@H](C[C@@H]2CCNC2=O)C(N)=O)C3(C)C)C(C)(C)C)CC1. The Kier molecular flexibility index (Phi) is 6.41. The van der Waals surface area contributed by atoms with Crippen molar-refractivity contribution >= 4 is 29.5 Å². The molecule has 200 valence electrons. The average Bonchev–Trinajstić information content (AvgIpc) is 3.45. The topological polar surface area (TPSA) is 151 Å². The van der Waals surface area contributed by atoms with E-state index in [1.54, 1.807) is 4.90 Å². The van der Waals surface area contributed by atoms with E-state index < -0.39 is 46.7 Å². The van der Waals surface area contributed by atoms with E-state index in [-0.39, 0.29) is 41.4 Å². The molecule has 0 unspecified atom stereocenters. The van der Waals surface area contributed by atoms with Crippen LogP contribution < -0.4 is 21.7 Å². The minimum atomic E-state index is -1.00. The highest BCUT2D eigenvalue weighted by Crippen LogP contribution is 2.65. The van der Waals surface area contributed by atoms with Crippen LogP contribution in [0.3, 0.4) is 0 Å². The van der Waals surface area contributed by atoms with Crippen LogP contribution in [0.1, 0.15) is 67.2 Å². The van der Waals surface area contributed by atoms with E-state index in [4.69, 9.17) is 5.73 Å². The number of nitrogens with one attached hydrogen (secondary N) is 3. The number of primary amides is 1. The monoisotopic (exact) mass is 503 g/mol. The lowest BCUT2D eigenvalue weighted by molar-refractivity contribution is -0.146. The van der Waals surface area contributed by atoms with Crippen LogP contribution in [0.2, 0.25) is 0 Å². The third-order valence-corrected chi connectivity index (χ3v) is 9.04. The van der Waals surface area contributed by atoms with Crippen LogP contribution in [0.25, 0.3) is 0 Å². The van der Waals surface area contributed by atoms with Gasteiger partial charge in [0.1, 0.15) is 18.1 Å². The van der Waals surface area contributed by atoms with Crippen molar-refractivity contribution in [1.82, 2.24) is 20.9 Å². The molecule has 10 heteroatoms. The van der Waals surface area contributed by atoms with Crippen LogP contribution in [0, 0.1) is 34.0 Å². The van der Waals surface area contributed by atoms with Gasteiger partial charge in [-0.2, -0.15) is 0 Å². The predicted octanol–water partition coefficient (Wildman–Crippen LogP) is 0.297. The van der Waals surface area contributed by atoms with Gasteiger partial charge in [-0.15, -0.1) is 0 Å². The van der Waals surface area contributed by atoms with Gasteiger partial charge < -0.3 is 26.6 Å². The number of nitrogens with zero attached hydrogens (tertiary/aromatic N) is 1. The Hall–Kier alpha value is -2.65. The zero-order valence-electron chi connectivity index (χ0n) is 22.3. The third kappa shape index (κ3) is 4.70. The quantitative estimate of drug-likeness (QED) is 0.376. The van der Waals surface area contributed by atoms with E-state index in [0.717, 1.165) is 12.8 Å². The highest BCUT2D eigenvalue weighted by atomic mass is 16.2. The van der Waals surface area contributed by atoms with Gasteiger partial charge in [0.25, 0.3) is 0 Å². The third-order valence-electron chi connectivity index (χ3n) is 9.04. The molecule has 6 atom stereocenters. The summed E-state index contributed by atoms with van der Waals surface area (Å²) in [4.78, 5) is 66.2. The maximum atomic E-state index is 13.9. The van der Waals surface area contributed by atoms with E-state index in [0.29, 0.717) is 19.5 Å². The van der Waals surface area contributed by atoms with Gasteiger partial charge in [0.2, 0.25) is 29.5 Å². The molecule has 0 aromatic rings. The van der Waals surface area contributed by atoms with Crippen molar-refractivity contribution in [3.05, 3.63) is 0 Å². The number of rotatable bonds is 8. The van der Waals surface area contributed by atoms with Crippen LogP contribution in [-0.4, -0.2) is 65.7 Å². The standard InChI is InChI=1S/C26H41N5O5/c1-24(2,3)18(30-23(36)26(6)8-9-26)22(35)31-12-14-16(25(14,4)5)17(31)21(34)29-15(19(27)32)11-13-7-10-28-20(13)33/h13-18H,7-12H2,1-6H3,(H2,27,32)(H,28,33)(H,29,34)(H,30,36)/t13-,14-,15-,16-,17-,18+/m0/s1. The maximum absolute atomic E-state index is 13.9. The van der Waals surface area contributed by atoms with Crippen LogP contribution >= 0.6 is 0 Å². The molecule has 2 aliphatic heterocycles. The molecular formula is C26H41N5O5. The highest BCUT2D eigenvalue weighted by molar-refractivity contribution is 5.96. The van der Waals surface area contributed by atoms with Gasteiger partial charge in [-0.3, -0.25) is 24.0 Å². The molecule has 0 aromatic heterocycles. The summed E-state index contributed by atoms with van der Waals surface area (Å²) in [5.74, 6) is -1.99. The molecule has 0 bridgehead atoms. The molecule has 2 heterocycles. The Bertz CT molecular complexity index is 982. The lowest BCUT2D eigenvalue weighted by Crippen LogP contribution is -2.61. The molecule has 36 heavy (non-hydrogen) atoms. The second-order valence-electron chi connectivity index (χ2n) is 13.2. The van der Waals surface area contributed by atoms with Crippen molar-refractivity contribution in [1.29, 1.82) is 0 Å². The Morgan fingerprint density at radius 2 is 1.78 bits per heavy atom. The van der Waals surface area contributed by atoms with Crippen LogP contribution in [0.4, 0.5) is 0 Å². The number of hydrogen-bond acceptors (Lipinski definition) is 5. The molecule has 2 saturated carbocycles. The molecule has 4 rings (SSSR count). The molecular weight excluding hydrogens is 462 g/mol. The van der Waals surface area contributed by atoms with Crippen molar-refractivity contribution < 1.29 is 24.0 Å². The lowest BCUT2D eigenvalue weighted by Gasteiger charge is -2.38. The Labute approximate surface area is 212 Å². The van der Waals surface area contributed by atoms with E-state index in [9.17, 15) is 24.0 Å². The van der Waals surface area contributed by atoms with Gasteiger partial charge in [-0.05, 0) is 48.3 Å². The molecule has 0 spiro atoms. The van der Waals surface area contributed by atoms with Crippen molar-refractivity contribution in [3.8, 4) is 0 Å². The van der Waals surface area contributed by atoms with Crippen molar-refractivity contribution in [2.45, 2.75) is 85.4 Å². The number of carbonyl (C=O) groups is 5. The minimum absolute atomic E-state index is 0.0537. The fourth-order valence-corrected chi connectivity index (χ4v) is 6.01. The summed E-state index contributed by atoms with van der Waals surface area (Å²) < 4.78 is 0. The minimum Gasteiger partial charge on any atom is -0.368 e. The molecule has 2 aliphatic carbocycles. The molecule has 0 aromatic carbocycles. The van der Waals surface area contributed by atoms with Crippen LogP contribution in [0.15, 0.2) is 0 Å². The first kappa shape index (κ1) is 26.4. The summed E-state index contributed by atoms with van der Waals surface area (Å²) >= 11 is 0. The number of hydrogen-bond donors (Lipinski definition) is 4. The smallest absolute Gasteiger partial charge is 0.246 e. The van der Waals surface area contributed by atoms with Crippen LogP contribution in [0.5, 0.6) is 0 Å². The fourth-order valence-electron chi connectivity index (χ4n) is 6.01. The largest absolute Gasteiger partial charge is 0.368 e. The number of likely N-dealkylation sites (tertiary alicyclic amines) is 1. The Morgan fingerprint density at radius 1 is 1.14 bits per heavy atom. The molecule has 5 N–H and O–H groups in total. The number of piperidine rings is 1. The summed E-state index contributed by atoms with van der Waals surface area (Å²) in [6.45, 7) is 12.7. The summed E-state index contributed by atoms with van der Waals surface area (Å²) in [7, 11) is 0. The number of nitrogens with two attached hydrogens (primary N) is 1. The van der Waals surface area contributed by atoms with Crippen molar-refractivity contribution in [2.24, 2.45) is 39.7 Å². The summed E-state index contributed by atoms with van der Waals surface area (Å²) in [5, 5.41) is 8.48. The van der Waals surface area contributed by atoms with Gasteiger partial charge in [0.15, 0.2) is 0 Å². The highest BCUT2D eigenvalue weighted by Gasteiger charge is 2.70. The van der Waals surface area contributed by atoms with Gasteiger partial charge in [-0.25, -0.2) is 0 Å². The Balaban J connectivity index is 1.53. The molecule has 4 fully saturated rings. The Morgan fingerprint density at radius 3 is 2.28 bits per heavy atom. The number of amides is 5. The van der Waals surface area contributed by atoms with E-state index >= 15 is 0 Å². The first-order valence-corrected chi connectivity index (χ1v) is 13.1. The second kappa shape index (κ2) is 8.73. The molecule has 4 aliphatic rings. The summed E-state index contributed by atoms with van der Waals surface area (Å²) in [5.41, 5.74) is 4.48. The first-order valence-electron chi connectivity index (χ1n) is 13.1. The zero-order chi connectivity index (χ0) is 26.8. The average molecular weight is 504 g/mol. The van der Waals surface area contributed by atoms with Crippen LogP contribution in [-0.2, 0) is 24.0 Å². The molecule has 0 radical (unpaired) electrons. The van der Waals surface area contributed by atoms with E-state index in [1.807, 2.05) is 27.7 Å². The van der Waals surface area contributed by atoms with E-state index in [1.165, 1.54) is 0 Å². The fraction of sp³-hybridized carbons (Fsp3) is 0.808. The van der Waals surface area contributed by atoms with Crippen molar-refractivity contribution in [2.75, 3.05) is 13.1 Å². The van der Waals surface area contributed by atoms with Gasteiger partial charge in [0.05, 0.1) is 0 Å². The molecule has 5 amide bonds. The maximum Gasteiger partial charge on any atom is 0.246 e.